The average Bonchev–Trinajstić information content (AvgIpc) is 2.51. The minimum absolute atomic E-state index is 0.00963. The molecule has 15 heavy (non-hydrogen) atoms. The molecule has 2 aromatic rings. The highest BCUT2D eigenvalue weighted by Gasteiger charge is 2.11. The maximum Gasteiger partial charge on any atom is 0.270 e. The van der Waals surface area contributed by atoms with Crippen LogP contribution in [0.3, 0.4) is 0 Å². The Bertz CT molecular complexity index is 562. The number of fused-ring (bicyclic) bond motifs is 1. The lowest BCUT2D eigenvalue weighted by molar-refractivity contribution is -0.384. The van der Waals surface area contributed by atoms with Crippen molar-refractivity contribution in [1.82, 2.24) is 4.98 Å². The average molecular weight is 202 g/mol. The van der Waals surface area contributed by atoms with Crippen LogP contribution in [0.5, 0.6) is 0 Å². The van der Waals surface area contributed by atoms with Crippen molar-refractivity contribution in [2.24, 2.45) is 0 Å². The van der Waals surface area contributed by atoms with Crippen LogP contribution in [0.2, 0.25) is 0 Å². The van der Waals surface area contributed by atoms with Gasteiger partial charge in [0, 0.05) is 28.6 Å². The second-order valence-electron chi connectivity index (χ2n) is 3.27. The zero-order chi connectivity index (χ0) is 11.0. The van der Waals surface area contributed by atoms with Crippen molar-refractivity contribution in [2.45, 2.75) is 0 Å². The van der Waals surface area contributed by atoms with Gasteiger partial charge in [-0.2, -0.15) is 0 Å². The number of aldehydes is 1. The first-order chi connectivity index (χ1) is 7.13. The highest BCUT2D eigenvalue weighted by Crippen LogP contribution is 2.21. The number of carbonyl (C=O) groups excluding carboxylic acids is 1. The van der Waals surface area contributed by atoms with E-state index in [2.05, 4.69) is 4.98 Å². The molecule has 0 bridgehead atoms. The molecule has 0 aliphatic carbocycles. The standard InChI is InChI=1S/C9H7BN2O3/c10-9-7(4-13)6-3-5(12(14)15)1-2-8(6)11-9/h1-4,11H,10H2. The monoisotopic (exact) mass is 202 g/mol. The summed E-state index contributed by atoms with van der Waals surface area (Å²) < 4.78 is 0. The number of H-pyrrole nitrogens is 1. The van der Waals surface area contributed by atoms with Crippen LogP contribution in [0.1, 0.15) is 10.4 Å². The Kier molecular flexibility index (Phi) is 2.04. The molecule has 0 atom stereocenters. The number of nitro benzene ring substituents is 1. The first kappa shape index (κ1) is 9.45. The summed E-state index contributed by atoms with van der Waals surface area (Å²) in [5.41, 5.74) is 1.93. The molecular formula is C9H7BN2O3. The number of aromatic nitrogens is 1. The topological polar surface area (TPSA) is 76.0 Å². The molecule has 1 N–H and O–H groups in total. The largest absolute Gasteiger partial charge is 0.367 e. The number of non-ortho nitro benzene ring substituents is 1. The zero-order valence-corrected chi connectivity index (χ0v) is 7.98. The fourth-order valence-corrected chi connectivity index (χ4v) is 1.60. The van der Waals surface area contributed by atoms with Gasteiger partial charge in [0.2, 0.25) is 0 Å². The summed E-state index contributed by atoms with van der Waals surface area (Å²) in [5, 5.41) is 11.2. The van der Waals surface area contributed by atoms with E-state index in [1.165, 1.54) is 12.1 Å². The minimum atomic E-state index is -0.476. The maximum atomic E-state index is 10.8. The summed E-state index contributed by atoms with van der Waals surface area (Å²) in [6.45, 7) is 0. The number of carbonyl (C=O) groups is 1. The van der Waals surface area contributed by atoms with E-state index in [4.69, 9.17) is 0 Å². The van der Waals surface area contributed by atoms with E-state index < -0.39 is 4.92 Å². The number of nitrogens with zero attached hydrogens (tertiary/aromatic N) is 1. The third-order valence-electron chi connectivity index (χ3n) is 2.35. The van der Waals surface area contributed by atoms with Crippen molar-refractivity contribution >= 4 is 36.3 Å². The van der Waals surface area contributed by atoms with Crippen LogP contribution in [-0.4, -0.2) is 24.0 Å². The quantitative estimate of drug-likeness (QED) is 0.325. The zero-order valence-electron chi connectivity index (χ0n) is 7.98. The van der Waals surface area contributed by atoms with Crippen molar-refractivity contribution < 1.29 is 9.72 Å². The fraction of sp³-hybridized carbons (Fsp3) is 0. The van der Waals surface area contributed by atoms with Gasteiger partial charge in [0.15, 0.2) is 14.1 Å². The normalized spacial score (nSPS) is 10.4. The fourth-order valence-electron chi connectivity index (χ4n) is 1.60. The van der Waals surface area contributed by atoms with E-state index in [1.807, 2.05) is 0 Å². The van der Waals surface area contributed by atoms with E-state index in [0.29, 0.717) is 17.2 Å². The predicted octanol–water partition coefficient (Wildman–Crippen LogP) is 0.147. The predicted molar refractivity (Wildman–Crippen MR) is 58.5 cm³/mol. The lowest BCUT2D eigenvalue weighted by atomic mass is 9.99. The molecule has 0 radical (unpaired) electrons. The SMILES string of the molecule is Bc1[nH]c2ccc([N+](=O)[O-])cc2c1C=O. The molecule has 0 saturated heterocycles. The van der Waals surface area contributed by atoms with Crippen LogP contribution >= 0.6 is 0 Å². The van der Waals surface area contributed by atoms with Gasteiger partial charge in [-0.3, -0.25) is 14.9 Å². The Balaban J connectivity index is 2.78. The Labute approximate surface area is 85.7 Å². The maximum absolute atomic E-state index is 10.8. The third-order valence-corrected chi connectivity index (χ3v) is 2.35. The second-order valence-corrected chi connectivity index (χ2v) is 3.27. The van der Waals surface area contributed by atoms with Crippen LogP contribution in [0.4, 0.5) is 5.69 Å². The van der Waals surface area contributed by atoms with Crippen LogP contribution in [0, 0.1) is 10.1 Å². The number of benzene rings is 1. The number of rotatable bonds is 2. The molecule has 74 valence electrons. The molecule has 0 spiro atoms. The van der Waals surface area contributed by atoms with E-state index >= 15 is 0 Å². The molecule has 5 nitrogen and oxygen atoms in total. The highest BCUT2D eigenvalue weighted by atomic mass is 16.6. The Hall–Kier alpha value is -2.11. The summed E-state index contributed by atoms with van der Waals surface area (Å²) in [6.07, 6.45) is 0.706. The van der Waals surface area contributed by atoms with Gasteiger partial charge in [-0.25, -0.2) is 0 Å². The number of nitro groups is 1. The van der Waals surface area contributed by atoms with Gasteiger partial charge in [-0.1, -0.05) is 0 Å². The number of nitrogens with one attached hydrogen (secondary N) is 1. The van der Waals surface area contributed by atoms with E-state index in [1.54, 1.807) is 13.9 Å². The Morgan fingerprint density at radius 1 is 1.47 bits per heavy atom. The molecule has 0 aliphatic rings. The number of hydrogen-bond donors (Lipinski definition) is 1. The van der Waals surface area contributed by atoms with Gasteiger partial charge in [0.1, 0.15) is 0 Å². The second kappa shape index (κ2) is 3.23. The molecule has 0 fully saturated rings. The van der Waals surface area contributed by atoms with Crippen LogP contribution in [-0.2, 0) is 0 Å². The van der Waals surface area contributed by atoms with Crippen LogP contribution in [0.15, 0.2) is 18.2 Å². The van der Waals surface area contributed by atoms with Crippen molar-refractivity contribution in [1.29, 1.82) is 0 Å². The summed E-state index contributed by atoms with van der Waals surface area (Å²) in [7, 11) is 1.76. The van der Waals surface area contributed by atoms with Gasteiger partial charge < -0.3 is 4.98 Å². The van der Waals surface area contributed by atoms with Gasteiger partial charge in [0.25, 0.3) is 5.69 Å². The van der Waals surface area contributed by atoms with Crippen LogP contribution in [0.25, 0.3) is 10.9 Å². The molecule has 0 saturated carbocycles. The van der Waals surface area contributed by atoms with Gasteiger partial charge in [0.05, 0.1) is 4.92 Å². The van der Waals surface area contributed by atoms with Gasteiger partial charge >= 0.3 is 0 Å². The molecule has 0 aliphatic heterocycles. The van der Waals surface area contributed by atoms with Crippen LogP contribution < -0.4 is 5.59 Å². The van der Waals surface area contributed by atoms with Crippen molar-refractivity contribution in [2.75, 3.05) is 0 Å². The Morgan fingerprint density at radius 3 is 2.80 bits per heavy atom. The van der Waals surface area contributed by atoms with Crippen molar-refractivity contribution in [3.05, 3.63) is 33.9 Å². The Morgan fingerprint density at radius 2 is 2.20 bits per heavy atom. The third kappa shape index (κ3) is 1.39. The molecule has 0 unspecified atom stereocenters. The summed E-state index contributed by atoms with van der Waals surface area (Å²) >= 11 is 0. The smallest absolute Gasteiger partial charge is 0.270 e. The van der Waals surface area contributed by atoms with E-state index in [9.17, 15) is 14.9 Å². The highest BCUT2D eigenvalue weighted by molar-refractivity contribution is 6.36. The van der Waals surface area contributed by atoms with E-state index in [-0.39, 0.29) is 5.69 Å². The molecule has 0 amide bonds. The number of aromatic amines is 1. The van der Waals surface area contributed by atoms with Gasteiger partial charge in [-0.05, 0) is 11.7 Å². The minimum Gasteiger partial charge on any atom is -0.367 e. The lowest BCUT2D eigenvalue weighted by Crippen LogP contribution is -2.07. The first-order valence-electron chi connectivity index (χ1n) is 4.35. The van der Waals surface area contributed by atoms with Crippen molar-refractivity contribution in [3.63, 3.8) is 0 Å². The molecule has 1 heterocycles. The molecule has 1 aromatic heterocycles. The number of hydrogen-bond acceptors (Lipinski definition) is 3. The summed E-state index contributed by atoms with van der Waals surface area (Å²) in [5.74, 6) is 0. The van der Waals surface area contributed by atoms with Gasteiger partial charge in [-0.15, -0.1) is 0 Å². The molecular weight excluding hydrogens is 195 g/mol. The summed E-state index contributed by atoms with van der Waals surface area (Å²) in [6, 6.07) is 4.42. The first-order valence-corrected chi connectivity index (χ1v) is 4.35. The molecule has 2 rings (SSSR count). The molecule has 1 aromatic carbocycles. The van der Waals surface area contributed by atoms with Crippen molar-refractivity contribution in [3.8, 4) is 0 Å². The molecule has 6 heteroatoms. The summed E-state index contributed by atoms with van der Waals surface area (Å²) in [4.78, 5) is 23.9. The lowest BCUT2D eigenvalue weighted by Gasteiger charge is -1.92. The van der Waals surface area contributed by atoms with E-state index in [0.717, 1.165) is 11.1 Å².